The molecule has 3 rings (SSSR count). The zero-order valence-corrected chi connectivity index (χ0v) is 17.1. The Morgan fingerprint density at radius 1 is 1.07 bits per heavy atom. The van der Waals surface area contributed by atoms with Crippen LogP contribution in [0.15, 0.2) is 47.5 Å². The summed E-state index contributed by atoms with van der Waals surface area (Å²) >= 11 is 0. The number of hydrogen-bond donors (Lipinski definition) is 2. The molecule has 0 radical (unpaired) electrons. The lowest BCUT2D eigenvalue weighted by Crippen LogP contribution is -2.25. The number of aliphatic imine (C=N–C) groups is 1. The Balaban J connectivity index is 1.39. The van der Waals surface area contributed by atoms with Gasteiger partial charge in [-0.2, -0.15) is 0 Å². The Hall–Kier alpha value is -2.53. The van der Waals surface area contributed by atoms with Crippen molar-refractivity contribution in [2.75, 3.05) is 38.1 Å². The van der Waals surface area contributed by atoms with Gasteiger partial charge in [0.2, 0.25) is 0 Å². The van der Waals surface area contributed by atoms with Crippen LogP contribution in [-0.4, -0.2) is 43.6 Å². The van der Waals surface area contributed by atoms with Crippen LogP contribution in [0, 0.1) is 13.8 Å². The summed E-state index contributed by atoms with van der Waals surface area (Å²) in [6.07, 6.45) is 3.49. The van der Waals surface area contributed by atoms with E-state index in [0.29, 0.717) is 12.5 Å². The van der Waals surface area contributed by atoms with Gasteiger partial charge in [0.25, 0.3) is 0 Å². The van der Waals surface area contributed by atoms with E-state index in [1.54, 1.807) is 0 Å². The fraction of sp³-hybridized carbons (Fsp3) is 0.435. The van der Waals surface area contributed by atoms with Crippen LogP contribution in [0.2, 0.25) is 0 Å². The second-order valence-electron chi connectivity index (χ2n) is 7.48. The van der Waals surface area contributed by atoms with Crippen LogP contribution < -0.4 is 15.8 Å². The molecule has 0 aromatic heterocycles. The molecule has 2 aromatic carbocycles. The van der Waals surface area contributed by atoms with Crippen LogP contribution in [0.1, 0.15) is 29.5 Å². The number of aryl methyl sites for hydroxylation is 2. The third-order valence-electron chi connectivity index (χ3n) is 5.26. The first-order valence-electron chi connectivity index (χ1n) is 10.2. The van der Waals surface area contributed by atoms with Crippen molar-refractivity contribution in [3.63, 3.8) is 0 Å². The Morgan fingerprint density at radius 3 is 2.54 bits per heavy atom. The van der Waals surface area contributed by atoms with Gasteiger partial charge in [0, 0.05) is 18.8 Å². The van der Waals surface area contributed by atoms with E-state index in [0.717, 1.165) is 31.0 Å². The molecule has 0 atom stereocenters. The predicted molar refractivity (Wildman–Crippen MR) is 117 cm³/mol. The van der Waals surface area contributed by atoms with E-state index >= 15 is 0 Å². The Bertz CT molecular complexity index is 780. The van der Waals surface area contributed by atoms with Crippen LogP contribution >= 0.6 is 0 Å². The summed E-state index contributed by atoms with van der Waals surface area (Å²) in [5.41, 5.74) is 10.7. The number of hydrogen-bond acceptors (Lipinski definition) is 3. The average molecular weight is 381 g/mol. The number of anilines is 1. The number of likely N-dealkylation sites (tertiary alicyclic amines) is 1. The zero-order chi connectivity index (χ0) is 19.8. The lowest BCUT2D eigenvalue weighted by molar-refractivity contribution is 0.238. The molecule has 5 heteroatoms. The first-order valence-corrected chi connectivity index (χ1v) is 10.2. The van der Waals surface area contributed by atoms with E-state index in [2.05, 4.69) is 53.3 Å². The lowest BCUT2D eigenvalue weighted by Gasteiger charge is -2.15. The maximum absolute atomic E-state index is 6.00. The molecule has 0 saturated carbocycles. The van der Waals surface area contributed by atoms with E-state index in [1.807, 2.05) is 18.2 Å². The molecule has 0 amide bonds. The number of nitrogens with two attached hydrogens (primary N) is 1. The standard InChI is InChI=1S/C23H32N4O/c1-18-5-8-21(17-19(18)2)26-23(24)25-12-11-20-6-9-22(10-7-20)28-16-15-27-13-3-4-14-27/h5-10,17H,3-4,11-16H2,1-2H3,(H3,24,25,26). The maximum atomic E-state index is 6.00. The number of ether oxygens (including phenoxy) is 1. The molecule has 1 heterocycles. The van der Waals surface area contributed by atoms with Crippen molar-refractivity contribution in [1.29, 1.82) is 0 Å². The molecule has 150 valence electrons. The molecular formula is C23H32N4O. The highest BCUT2D eigenvalue weighted by molar-refractivity contribution is 5.92. The summed E-state index contributed by atoms with van der Waals surface area (Å²) in [6.45, 7) is 9.04. The van der Waals surface area contributed by atoms with Crippen LogP contribution in [0.3, 0.4) is 0 Å². The smallest absolute Gasteiger partial charge is 0.193 e. The molecule has 28 heavy (non-hydrogen) atoms. The molecule has 0 aliphatic carbocycles. The molecule has 1 fully saturated rings. The third kappa shape index (κ3) is 6.27. The van der Waals surface area contributed by atoms with Gasteiger partial charge in [-0.25, -0.2) is 0 Å². The van der Waals surface area contributed by atoms with Gasteiger partial charge < -0.3 is 15.8 Å². The van der Waals surface area contributed by atoms with E-state index in [4.69, 9.17) is 10.5 Å². The molecule has 5 nitrogen and oxygen atoms in total. The summed E-state index contributed by atoms with van der Waals surface area (Å²) < 4.78 is 5.85. The Labute approximate surface area is 168 Å². The third-order valence-corrected chi connectivity index (χ3v) is 5.26. The number of guanidine groups is 1. The summed E-state index contributed by atoms with van der Waals surface area (Å²) in [6, 6.07) is 14.5. The summed E-state index contributed by atoms with van der Waals surface area (Å²) in [4.78, 5) is 6.89. The monoisotopic (exact) mass is 380 g/mol. The zero-order valence-electron chi connectivity index (χ0n) is 17.1. The average Bonchev–Trinajstić information content (AvgIpc) is 3.19. The normalized spacial score (nSPS) is 15.0. The second kappa shape index (κ2) is 10.1. The molecule has 0 bridgehead atoms. The van der Waals surface area contributed by atoms with Gasteiger partial charge in [0.05, 0.1) is 0 Å². The predicted octanol–water partition coefficient (Wildman–Crippen LogP) is 3.75. The van der Waals surface area contributed by atoms with Crippen LogP contribution in [-0.2, 0) is 6.42 Å². The molecule has 1 saturated heterocycles. The number of nitrogens with one attached hydrogen (secondary N) is 1. The van der Waals surface area contributed by atoms with Gasteiger partial charge in [0.1, 0.15) is 12.4 Å². The number of rotatable bonds is 8. The van der Waals surface area contributed by atoms with E-state index < -0.39 is 0 Å². The van der Waals surface area contributed by atoms with Gasteiger partial charge in [-0.15, -0.1) is 0 Å². The number of nitrogens with zero attached hydrogens (tertiary/aromatic N) is 2. The van der Waals surface area contributed by atoms with Gasteiger partial charge >= 0.3 is 0 Å². The molecule has 3 N–H and O–H groups in total. The first kappa shape index (κ1) is 20.2. The summed E-state index contributed by atoms with van der Waals surface area (Å²) in [5.74, 6) is 1.38. The van der Waals surface area contributed by atoms with Gasteiger partial charge in [-0.05, 0) is 87.2 Å². The van der Waals surface area contributed by atoms with Crippen molar-refractivity contribution in [2.24, 2.45) is 10.7 Å². The first-order chi connectivity index (χ1) is 13.6. The highest BCUT2D eigenvalue weighted by Gasteiger charge is 2.10. The summed E-state index contributed by atoms with van der Waals surface area (Å²) in [7, 11) is 0. The minimum atomic E-state index is 0.449. The molecule has 1 aliphatic rings. The lowest BCUT2D eigenvalue weighted by atomic mass is 10.1. The highest BCUT2D eigenvalue weighted by atomic mass is 16.5. The number of benzene rings is 2. The topological polar surface area (TPSA) is 62.9 Å². The van der Waals surface area contributed by atoms with Gasteiger partial charge in [-0.1, -0.05) is 18.2 Å². The SMILES string of the molecule is Cc1ccc(NC(N)=NCCc2ccc(OCCN3CCCC3)cc2)cc1C. The maximum Gasteiger partial charge on any atom is 0.193 e. The van der Waals surface area contributed by atoms with Crippen molar-refractivity contribution in [2.45, 2.75) is 33.1 Å². The highest BCUT2D eigenvalue weighted by Crippen LogP contribution is 2.15. The van der Waals surface area contributed by atoms with E-state index in [-0.39, 0.29) is 0 Å². The van der Waals surface area contributed by atoms with Crippen molar-refractivity contribution in [3.05, 3.63) is 59.2 Å². The van der Waals surface area contributed by atoms with Crippen molar-refractivity contribution in [3.8, 4) is 5.75 Å². The van der Waals surface area contributed by atoms with E-state index in [1.165, 1.54) is 42.6 Å². The minimum absolute atomic E-state index is 0.449. The van der Waals surface area contributed by atoms with Crippen LogP contribution in [0.4, 0.5) is 5.69 Å². The summed E-state index contributed by atoms with van der Waals surface area (Å²) in [5, 5.41) is 3.16. The van der Waals surface area contributed by atoms with Gasteiger partial charge in [0.15, 0.2) is 5.96 Å². The minimum Gasteiger partial charge on any atom is -0.492 e. The van der Waals surface area contributed by atoms with Crippen LogP contribution in [0.25, 0.3) is 0 Å². The fourth-order valence-corrected chi connectivity index (χ4v) is 3.36. The van der Waals surface area contributed by atoms with E-state index in [9.17, 15) is 0 Å². The van der Waals surface area contributed by atoms with Gasteiger partial charge in [-0.3, -0.25) is 9.89 Å². The van der Waals surface area contributed by atoms with Crippen molar-refractivity contribution < 1.29 is 4.74 Å². The molecule has 0 unspecified atom stereocenters. The molecule has 0 spiro atoms. The Morgan fingerprint density at radius 2 is 1.82 bits per heavy atom. The second-order valence-corrected chi connectivity index (χ2v) is 7.48. The Kier molecular flexibility index (Phi) is 7.31. The van der Waals surface area contributed by atoms with Crippen molar-refractivity contribution in [1.82, 2.24) is 4.90 Å². The fourth-order valence-electron chi connectivity index (χ4n) is 3.36. The van der Waals surface area contributed by atoms with Crippen molar-refractivity contribution >= 4 is 11.6 Å². The quantitative estimate of drug-likeness (QED) is 0.541. The van der Waals surface area contributed by atoms with Crippen LogP contribution in [0.5, 0.6) is 5.75 Å². The largest absolute Gasteiger partial charge is 0.492 e. The molecular weight excluding hydrogens is 348 g/mol. The molecule has 2 aromatic rings. The molecule has 1 aliphatic heterocycles.